The summed E-state index contributed by atoms with van der Waals surface area (Å²) < 4.78 is 7.25. The van der Waals surface area contributed by atoms with Crippen molar-refractivity contribution in [1.82, 2.24) is 19.2 Å². The first kappa shape index (κ1) is 23.5. The van der Waals surface area contributed by atoms with Crippen LogP contribution >= 0.6 is 0 Å². The predicted octanol–water partition coefficient (Wildman–Crippen LogP) is 3.33. The highest BCUT2D eigenvalue weighted by molar-refractivity contribution is 6.46. The van der Waals surface area contributed by atoms with E-state index in [1.54, 1.807) is 24.1 Å². The lowest BCUT2D eigenvalue weighted by molar-refractivity contribution is -0.139. The Bertz CT molecular complexity index is 1290. The zero-order chi connectivity index (χ0) is 24.6. The van der Waals surface area contributed by atoms with E-state index in [1.165, 1.54) is 0 Å². The first-order chi connectivity index (χ1) is 16.2. The number of Topliss-reactive ketones (excluding diaryl/α,β-unsaturated/α-hetero) is 1. The van der Waals surface area contributed by atoms with Crippen LogP contribution in [-0.4, -0.2) is 70.3 Å². The minimum atomic E-state index is -0.734. The van der Waals surface area contributed by atoms with E-state index in [9.17, 15) is 14.7 Å². The lowest BCUT2D eigenvalue weighted by Gasteiger charge is -2.26. The average molecular weight is 463 g/mol. The van der Waals surface area contributed by atoms with Crippen molar-refractivity contribution < 1.29 is 19.4 Å². The van der Waals surface area contributed by atoms with Crippen LogP contribution in [0, 0.1) is 13.8 Å². The molecule has 0 saturated carbocycles. The van der Waals surface area contributed by atoms with Gasteiger partial charge in [-0.25, -0.2) is 4.98 Å². The SMILES string of the molecule is COc1cccc(C2C(=C(O)c3nc4c(C)cccn4c3C)C(=O)C(=O)N2CCCN(C)C)c1. The van der Waals surface area contributed by atoms with Gasteiger partial charge in [-0.15, -0.1) is 0 Å². The molecular weight excluding hydrogens is 432 g/mol. The van der Waals surface area contributed by atoms with Crippen molar-refractivity contribution in [3.63, 3.8) is 0 Å². The number of aryl methyl sites for hydroxylation is 2. The average Bonchev–Trinajstić information content (AvgIpc) is 3.29. The number of rotatable bonds is 7. The van der Waals surface area contributed by atoms with Crippen molar-refractivity contribution in [2.24, 2.45) is 0 Å². The van der Waals surface area contributed by atoms with Crippen LogP contribution in [0.3, 0.4) is 0 Å². The molecule has 0 radical (unpaired) electrons. The van der Waals surface area contributed by atoms with E-state index in [1.807, 2.05) is 67.7 Å². The first-order valence-electron chi connectivity index (χ1n) is 11.3. The summed E-state index contributed by atoms with van der Waals surface area (Å²) in [6.07, 6.45) is 2.55. The molecule has 1 saturated heterocycles. The van der Waals surface area contributed by atoms with Gasteiger partial charge in [-0.2, -0.15) is 0 Å². The summed E-state index contributed by atoms with van der Waals surface area (Å²) in [4.78, 5) is 34.6. The quantitative estimate of drug-likeness (QED) is 0.329. The Morgan fingerprint density at radius 3 is 2.62 bits per heavy atom. The maximum absolute atomic E-state index is 13.3. The molecule has 0 spiro atoms. The largest absolute Gasteiger partial charge is 0.505 e. The van der Waals surface area contributed by atoms with Gasteiger partial charge in [-0.3, -0.25) is 9.59 Å². The van der Waals surface area contributed by atoms with E-state index < -0.39 is 17.7 Å². The molecule has 8 heteroatoms. The molecule has 1 N–H and O–H groups in total. The monoisotopic (exact) mass is 462 g/mol. The zero-order valence-corrected chi connectivity index (χ0v) is 20.2. The summed E-state index contributed by atoms with van der Waals surface area (Å²) in [7, 11) is 5.49. The van der Waals surface area contributed by atoms with Gasteiger partial charge in [0.2, 0.25) is 0 Å². The number of hydrogen-bond donors (Lipinski definition) is 1. The number of methoxy groups -OCH3 is 1. The molecule has 8 nitrogen and oxygen atoms in total. The molecule has 1 fully saturated rings. The van der Waals surface area contributed by atoms with Crippen LogP contribution in [0.25, 0.3) is 11.4 Å². The summed E-state index contributed by atoms with van der Waals surface area (Å²) in [5.41, 5.74) is 3.38. The normalized spacial score (nSPS) is 17.8. The van der Waals surface area contributed by atoms with Crippen molar-refractivity contribution in [2.75, 3.05) is 34.3 Å². The molecule has 1 unspecified atom stereocenters. The number of benzene rings is 1. The Labute approximate surface area is 199 Å². The number of nitrogens with zero attached hydrogens (tertiary/aromatic N) is 4. The molecule has 1 aromatic carbocycles. The third kappa shape index (κ3) is 4.05. The Hall–Kier alpha value is -3.65. The smallest absolute Gasteiger partial charge is 0.295 e. The maximum atomic E-state index is 13.3. The van der Waals surface area contributed by atoms with E-state index in [0.717, 1.165) is 12.1 Å². The summed E-state index contributed by atoms with van der Waals surface area (Å²) in [5.74, 6) is -0.980. The number of fused-ring (bicyclic) bond motifs is 1. The number of carbonyl (C=O) groups is 2. The fourth-order valence-electron chi connectivity index (χ4n) is 4.50. The van der Waals surface area contributed by atoms with E-state index in [4.69, 9.17) is 4.74 Å². The lowest BCUT2D eigenvalue weighted by atomic mass is 9.96. The molecule has 2 aromatic heterocycles. The number of imidazole rings is 1. The van der Waals surface area contributed by atoms with E-state index in [2.05, 4.69) is 4.98 Å². The van der Waals surface area contributed by atoms with E-state index in [-0.39, 0.29) is 11.3 Å². The van der Waals surface area contributed by atoms with Gasteiger partial charge in [0.05, 0.1) is 24.4 Å². The third-order valence-electron chi connectivity index (χ3n) is 6.26. The molecule has 34 heavy (non-hydrogen) atoms. The minimum Gasteiger partial charge on any atom is -0.505 e. The van der Waals surface area contributed by atoms with Crippen LogP contribution < -0.4 is 4.74 Å². The Kier molecular flexibility index (Phi) is 6.43. The number of hydrogen-bond acceptors (Lipinski definition) is 6. The number of likely N-dealkylation sites (tertiary alicyclic amines) is 1. The number of ketones is 1. The van der Waals surface area contributed by atoms with Gasteiger partial charge in [0.25, 0.3) is 11.7 Å². The van der Waals surface area contributed by atoms with Gasteiger partial charge in [0, 0.05) is 12.7 Å². The van der Waals surface area contributed by atoms with Gasteiger partial charge in [0.1, 0.15) is 17.1 Å². The number of aliphatic hydroxyl groups excluding tert-OH is 1. The molecular formula is C26H30N4O4. The molecule has 1 atom stereocenters. The van der Waals surface area contributed by atoms with Gasteiger partial charge in [-0.1, -0.05) is 18.2 Å². The molecule has 3 aromatic rings. The standard InChI is InChI=1S/C26H30N4O4/c1-16-9-7-13-29-17(2)21(27-25(16)29)23(31)20-22(18-10-6-11-19(15-18)34-5)30(26(33)24(20)32)14-8-12-28(3)4/h6-7,9-11,13,15,22,31H,8,12,14H2,1-5H3. The number of carbonyl (C=O) groups excluding carboxylic acids is 2. The summed E-state index contributed by atoms with van der Waals surface area (Å²) in [6, 6.07) is 10.4. The van der Waals surface area contributed by atoms with Crippen LogP contribution in [0.15, 0.2) is 48.2 Å². The Balaban J connectivity index is 1.88. The molecule has 178 valence electrons. The number of ether oxygens (including phenoxy) is 1. The molecule has 3 heterocycles. The fraction of sp³-hybridized carbons (Fsp3) is 0.346. The van der Waals surface area contributed by atoms with Crippen LogP contribution in [0.1, 0.15) is 35.0 Å². The number of aromatic nitrogens is 2. The number of pyridine rings is 1. The van der Waals surface area contributed by atoms with Gasteiger partial charge in [-0.05, 0) is 70.2 Å². The highest BCUT2D eigenvalue weighted by Crippen LogP contribution is 2.40. The summed E-state index contributed by atoms with van der Waals surface area (Å²) >= 11 is 0. The molecule has 4 rings (SSSR count). The maximum Gasteiger partial charge on any atom is 0.295 e. The molecule has 1 aliphatic heterocycles. The molecule has 0 bridgehead atoms. The Morgan fingerprint density at radius 2 is 1.94 bits per heavy atom. The fourth-order valence-corrected chi connectivity index (χ4v) is 4.50. The van der Waals surface area contributed by atoms with Crippen LogP contribution in [0.4, 0.5) is 0 Å². The zero-order valence-electron chi connectivity index (χ0n) is 20.2. The second-order valence-electron chi connectivity index (χ2n) is 8.86. The van der Waals surface area contributed by atoms with Gasteiger partial charge in [0.15, 0.2) is 5.76 Å². The van der Waals surface area contributed by atoms with Crippen molar-refractivity contribution in [3.05, 3.63) is 70.7 Å². The topological polar surface area (TPSA) is 87.4 Å². The summed E-state index contributed by atoms with van der Waals surface area (Å²) in [6.45, 7) is 4.91. The number of amides is 1. The van der Waals surface area contributed by atoms with Crippen LogP contribution in [0.5, 0.6) is 5.75 Å². The predicted molar refractivity (Wildman–Crippen MR) is 130 cm³/mol. The second-order valence-corrected chi connectivity index (χ2v) is 8.86. The van der Waals surface area contributed by atoms with Gasteiger partial charge >= 0.3 is 0 Å². The van der Waals surface area contributed by atoms with E-state index in [0.29, 0.717) is 41.3 Å². The number of aliphatic hydroxyl groups is 1. The van der Waals surface area contributed by atoms with E-state index >= 15 is 0 Å². The highest BCUT2D eigenvalue weighted by Gasteiger charge is 2.46. The highest BCUT2D eigenvalue weighted by atomic mass is 16.5. The third-order valence-corrected chi connectivity index (χ3v) is 6.26. The second kappa shape index (κ2) is 9.30. The molecule has 0 aliphatic carbocycles. The van der Waals surface area contributed by atoms with Crippen molar-refractivity contribution in [1.29, 1.82) is 0 Å². The van der Waals surface area contributed by atoms with Crippen molar-refractivity contribution >= 4 is 23.1 Å². The Morgan fingerprint density at radius 1 is 1.18 bits per heavy atom. The van der Waals surface area contributed by atoms with Crippen LogP contribution in [-0.2, 0) is 9.59 Å². The molecule has 1 aliphatic rings. The van der Waals surface area contributed by atoms with Crippen molar-refractivity contribution in [2.45, 2.75) is 26.3 Å². The first-order valence-corrected chi connectivity index (χ1v) is 11.3. The minimum absolute atomic E-state index is 0.0484. The van der Waals surface area contributed by atoms with Crippen LogP contribution in [0.2, 0.25) is 0 Å². The lowest BCUT2D eigenvalue weighted by Crippen LogP contribution is -2.32. The summed E-state index contributed by atoms with van der Waals surface area (Å²) in [5, 5.41) is 11.4. The molecule has 1 amide bonds. The van der Waals surface area contributed by atoms with Gasteiger partial charge < -0.3 is 24.0 Å². The van der Waals surface area contributed by atoms with Crippen molar-refractivity contribution in [3.8, 4) is 5.75 Å².